The number of pyridine rings is 1. The second kappa shape index (κ2) is 3.70. The van der Waals surface area contributed by atoms with Crippen LogP contribution in [0.25, 0.3) is 0 Å². The van der Waals surface area contributed by atoms with Crippen molar-refractivity contribution >= 4 is 17.5 Å². The molecule has 1 aromatic heterocycles. The molecule has 0 atom stereocenters. The molecule has 0 bridgehead atoms. The molecule has 0 aromatic carbocycles. The zero-order valence-corrected chi connectivity index (χ0v) is 7.97. The van der Waals surface area contributed by atoms with Crippen molar-refractivity contribution in [3.63, 3.8) is 0 Å². The van der Waals surface area contributed by atoms with Gasteiger partial charge in [0.2, 0.25) is 0 Å². The van der Waals surface area contributed by atoms with Gasteiger partial charge in [-0.05, 0) is 12.1 Å². The molecule has 1 aromatic rings. The molecule has 0 spiro atoms. The van der Waals surface area contributed by atoms with Gasteiger partial charge in [0.05, 0.1) is 0 Å². The van der Waals surface area contributed by atoms with Crippen LogP contribution in [0.5, 0.6) is 0 Å². The largest absolute Gasteiger partial charge is 0.343 e. The molecule has 0 radical (unpaired) electrons. The first kappa shape index (κ1) is 9.92. The average molecular weight is 203 g/mol. The zero-order chi connectivity index (χ0) is 10.0. The van der Waals surface area contributed by atoms with E-state index >= 15 is 0 Å². The summed E-state index contributed by atoms with van der Waals surface area (Å²) in [6, 6.07) is 2.41. The van der Waals surface area contributed by atoms with Gasteiger partial charge in [-0.15, -0.1) is 0 Å². The van der Waals surface area contributed by atoms with Crippen LogP contribution in [0.4, 0.5) is 4.39 Å². The summed E-state index contributed by atoms with van der Waals surface area (Å²) in [6.07, 6.45) is 0. The Bertz CT molecular complexity index is 341. The van der Waals surface area contributed by atoms with Crippen molar-refractivity contribution in [1.82, 2.24) is 9.88 Å². The third-order valence-corrected chi connectivity index (χ3v) is 1.63. The summed E-state index contributed by atoms with van der Waals surface area (Å²) in [4.78, 5) is 16.1. The minimum absolute atomic E-state index is 0.103. The summed E-state index contributed by atoms with van der Waals surface area (Å²) in [5.41, 5.74) is -0.252. The Morgan fingerprint density at radius 3 is 2.69 bits per heavy atom. The number of hydrogen-bond acceptors (Lipinski definition) is 2. The molecular formula is C8H8ClFN2O. The lowest BCUT2D eigenvalue weighted by atomic mass is 10.3. The molecule has 0 saturated heterocycles. The van der Waals surface area contributed by atoms with Crippen LogP contribution in [-0.2, 0) is 0 Å². The molecule has 0 aliphatic heterocycles. The first-order valence-corrected chi connectivity index (χ1v) is 3.94. The Kier molecular flexibility index (Phi) is 2.83. The summed E-state index contributed by atoms with van der Waals surface area (Å²) in [7, 11) is 3.04. The van der Waals surface area contributed by atoms with E-state index in [9.17, 15) is 9.18 Å². The highest BCUT2D eigenvalue weighted by Gasteiger charge is 2.15. The van der Waals surface area contributed by atoms with Crippen molar-refractivity contribution in [1.29, 1.82) is 0 Å². The molecule has 13 heavy (non-hydrogen) atoms. The zero-order valence-electron chi connectivity index (χ0n) is 7.21. The van der Waals surface area contributed by atoms with E-state index in [0.29, 0.717) is 0 Å². The standard InChI is InChI=1S/C8H8ClFN2O/c1-12(2)8(13)7-5(10)3-4-6(9)11-7/h3-4H,1-2H3. The number of amides is 1. The van der Waals surface area contributed by atoms with Crippen LogP contribution in [0, 0.1) is 5.82 Å². The summed E-state index contributed by atoms with van der Waals surface area (Å²) in [6.45, 7) is 0. The van der Waals surface area contributed by atoms with Crippen LogP contribution in [0.1, 0.15) is 10.5 Å². The Hall–Kier alpha value is -1.16. The number of nitrogens with zero attached hydrogens (tertiary/aromatic N) is 2. The Balaban J connectivity index is 3.13. The van der Waals surface area contributed by atoms with Crippen molar-refractivity contribution in [2.75, 3.05) is 14.1 Å². The second-order valence-electron chi connectivity index (χ2n) is 2.66. The van der Waals surface area contributed by atoms with Crippen LogP contribution < -0.4 is 0 Å². The van der Waals surface area contributed by atoms with Gasteiger partial charge < -0.3 is 4.90 Å². The van der Waals surface area contributed by atoms with Crippen molar-refractivity contribution in [2.45, 2.75) is 0 Å². The van der Waals surface area contributed by atoms with Crippen LogP contribution >= 0.6 is 11.6 Å². The Labute approximate surface area is 80.1 Å². The monoisotopic (exact) mass is 202 g/mol. The molecule has 5 heteroatoms. The molecule has 1 rings (SSSR count). The van der Waals surface area contributed by atoms with Gasteiger partial charge >= 0.3 is 0 Å². The minimum atomic E-state index is -0.664. The van der Waals surface area contributed by atoms with Gasteiger partial charge in [0.15, 0.2) is 11.5 Å². The maximum absolute atomic E-state index is 13.0. The van der Waals surface area contributed by atoms with Crippen LogP contribution in [0.3, 0.4) is 0 Å². The van der Waals surface area contributed by atoms with Gasteiger partial charge in [0, 0.05) is 14.1 Å². The fraction of sp³-hybridized carbons (Fsp3) is 0.250. The van der Waals surface area contributed by atoms with E-state index in [4.69, 9.17) is 11.6 Å². The van der Waals surface area contributed by atoms with E-state index in [1.165, 1.54) is 25.1 Å². The molecule has 0 N–H and O–H groups in total. The van der Waals surface area contributed by atoms with Gasteiger partial charge in [-0.3, -0.25) is 4.79 Å². The number of aromatic nitrogens is 1. The highest BCUT2D eigenvalue weighted by Crippen LogP contribution is 2.11. The fourth-order valence-corrected chi connectivity index (χ4v) is 0.928. The fourth-order valence-electron chi connectivity index (χ4n) is 0.780. The molecule has 0 aliphatic rings. The predicted octanol–water partition coefficient (Wildman–Crippen LogP) is 1.58. The minimum Gasteiger partial charge on any atom is -0.343 e. The average Bonchev–Trinajstić information content (AvgIpc) is 2.08. The summed E-state index contributed by atoms with van der Waals surface area (Å²) in [5.74, 6) is -1.16. The molecule has 1 amide bonds. The highest BCUT2D eigenvalue weighted by atomic mass is 35.5. The lowest BCUT2D eigenvalue weighted by molar-refractivity contribution is 0.0817. The topological polar surface area (TPSA) is 33.2 Å². The molecule has 1 heterocycles. The number of carbonyl (C=O) groups excluding carboxylic acids is 1. The van der Waals surface area contributed by atoms with E-state index in [-0.39, 0.29) is 10.8 Å². The third kappa shape index (κ3) is 2.15. The van der Waals surface area contributed by atoms with E-state index in [2.05, 4.69) is 4.98 Å². The molecular weight excluding hydrogens is 195 g/mol. The van der Waals surface area contributed by atoms with Crippen molar-refractivity contribution < 1.29 is 9.18 Å². The maximum Gasteiger partial charge on any atom is 0.275 e. The first-order chi connectivity index (χ1) is 6.02. The van der Waals surface area contributed by atoms with Crippen molar-refractivity contribution in [3.05, 3.63) is 28.8 Å². The maximum atomic E-state index is 13.0. The number of halogens is 2. The van der Waals surface area contributed by atoms with Gasteiger partial charge in [0.1, 0.15) is 5.15 Å². The van der Waals surface area contributed by atoms with Crippen LogP contribution in [0.2, 0.25) is 5.15 Å². The highest BCUT2D eigenvalue weighted by molar-refractivity contribution is 6.29. The lowest BCUT2D eigenvalue weighted by Gasteiger charge is -2.09. The van der Waals surface area contributed by atoms with Crippen molar-refractivity contribution in [3.8, 4) is 0 Å². The van der Waals surface area contributed by atoms with Crippen LogP contribution in [0.15, 0.2) is 12.1 Å². The molecule has 0 unspecified atom stereocenters. The normalized spacial score (nSPS) is 9.85. The number of carbonyl (C=O) groups is 1. The van der Waals surface area contributed by atoms with E-state index < -0.39 is 11.7 Å². The smallest absolute Gasteiger partial charge is 0.275 e. The molecule has 0 aliphatic carbocycles. The molecule has 0 saturated carbocycles. The van der Waals surface area contributed by atoms with E-state index in [1.54, 1.807) is 0 Å². The number of rotatable bonds is 1. The van der Waals surface area contributed by atoms with Crippen molar-refractivity contribution in [2.24, 2.45) is 0 Å². The van der Waals surface area contributed by atoms with Gasteiger partial charge in [0.25, 0.3) is 5.91 Å². The first-order valence-electron chi connectivity index (χ1n) is 3.56. The summed E-state index contributed by atoms with van der Waals surface area (Å²) < 4.78 is 13.0. The van der Waals surface area contributed by atoms with E-state index in [1.807, 2.05) is 0 Å². The Morgan fingerprint density at radius 1 is 1.54 bits per heavy atom. The summed E-state index contributed by atoms with van der Waals surface area (Å²) >= 11 is 5.52. The predicted molar refractivity (Wildman–Crippen MR) is 47.2 cm³/mol. The van der Waals surface area contributed by atoms with Crippen LogP contribution in [-0.4, -0.2) is 29.9 Å². The Morgan fingerprint density at radius 2 is 2.15 bits per heavy atom. The van der Waals surface area contributed by atoms with Gasteiger partial charge in [-0.2, -0.15) is 0 Å². The number of hydrogen-bond donors (Lipinski definition) is 0. The molecule has 0 fully saturated rings. The van der Waals surface area contributed by atoms with E-state index in [0.717, 1.165) is 6.07 Å². The quantitative estimate of drug-likeness (QED) is 0.648. The molecule has 70 valence electrons. The third-order valence-electron chi connectivity index (χ3n) is 1.42. The van der Waals surface area contributed by atoms with Gasteiger partial charge in [-0.25, -0.2) is 9.37 Å². The SMILES string of the molecule is CN(C)C(=O)c1nc(Cl)ccc1F. The summed E-state index contributed by atoms with van der Waals surface area (Å²) in [5, 5.41) is 0.103. The lowest BCUT2D eigenvalue weighted by Crippen LogP contribution is -2.24. The molecule has 3 nitrogen and oxygen atoms in total. The van der Waals surface area contributed by atoms with Gasteiger partial charge in [-0.1, -0.05) is 11.6 Å². The second-order valence-corrected chi connectivity index (χ2v) is 3.05.